The minimum atomic E-state index is 0.276. The average molecular weight is 250 g/mol. The van der Waals surface area contributed by atoms with Crippen LogP contribution in [0, 0.1) is 19.3 Å². The lowest BCUT2D eigenvalue weighted by molar-refractivity contribution is 0.0299. The van der Waals surface area contributed by atoms with E-state index in [1.54, 1.807) is 0 Å². The maximum Gasteiger partial charge on any atom is 0.134 e. The lowest BCUT2D eigenvalue weighted by atomic mass is 9.82. The lowest BCUT2D eigenvalue weighted by Crippen LogP contribution is -2.33. The second-order valence-electron chi connectivity index (χ2n) is 5.41. The maximum atomic E-state index is 5.85. The van der Waals surface area contributed by atoms with E-state index in [1.807, 2.05) is 13.8 Å². The summed E-state index contributed by atoms with van der Waals surface area (Å²) < 4.78 is 5.41. The van der Waals surface area contributed by atoms with Gasteiger partial charge in [0.1, 0.15) is 17.5 Å². The third-order valence-electron chi connectivity index (χ3n) is 3.68. The quantitative estimate of drug-likeness (QED) is 0.857. The first-order valence-electron chi connectivity index (χ1n) is 6.42. The van der Waals surface area contributed by atoms with Gasteiger partial charge in [-0.3, -0.25) is 0 Å². The summed E-state index contributed by atoms with van der Waals surface area (Å²) in [5.74, 6) is 2.12. The van der Waals surface area contributed by atoms with Crippen molar-refractivity contribution in [1.82, 2.24) is 9.97 Å². The Balaban J connectivity index is 2.05. The Morgan fingerprint density at radius 3 is 2.61 bits per heavy atom. The fourth-order valence-corrected chi connectivity index (χ4v) is 2.16. The van der Waals surface area contributed by atoms with Gasteiger partial charge in [-0.1, -0.05) is 6.92 Å². The van der Waals surface area contributed by atoms with Crippen molar-refractivity contribution in [3.63, 3.8) is 0 Å². The van der Waals surface area contributed by atoms with Crippen LogP contribution in [0.25, 0.3) is 0 Å². The molecule has 1 aromatic heterocycles. The number of hydrogen-bond acceptors (Lipinski definition) is 5. The van der Waals surface area contributed by atoms with Gasteiger partial charge < -0.3 is 15.8 Å². The lowest BCUT2D eigenvalue weighted by Gasteiger charge is -2.33. The van der Waals surface area contributed by atoms with Crippen LogP contribution in [-0.4, -0.2) is 29.7 Å². The molecule has 18 heavy (non-hydrogen) atoms. The first-order valence-corrected chi connectivity index (χ1v) is 6.42. The van der Waals surface area contributed by atoms with Crippen LogP contribution in [-0.2, 0) is 4.74 Å². The minimum absolute atomic E-state index is 0.276. The summed E-state index contributed by atoms with van der Waals surface area (Å²) in [7, 11) is 0. The van der Waals surface area contributed by atoms with Crippen LogP contribution in [0.1, 0.15) is 31.2 Å². The molecule has 0 radical (unpaired) electrons. The summed E-state index contributed by atoms with van der Waals surface area (Å²) in [4.78, 5) is 8.57. The number of anilines is 2. The molecule has 0 bridgehead atoms. The van der Waals surface area contributed by atoms with Crippen LogP contribution >= 0.6 is 0 Å². The van der Waals surface area contributed by atoms with Crippen LogP contribution in [0.3, 0.4) is 0 Å². The smallest absolute Gasteiger partial charge is 0.134 e. The zero-order chi connectivity index (χ0) is 13.2. The molecule has 1 aliphatic rings. The second kappa shape index (κ2) is 5.10. The molecule has 2 rings (SSSR count). The standard InChI is InChI=1S/C13H22N4O/c1-9-11(14)16-10(2)17-12(9)15-8-13(3)4-6-18-7-5-13/h4-8H2,1-3H3,(H3,14,15,16,17). The van der Waals surface area contributed by atoms with E-state index in [4.69, 9.17) is 10.5 Å². The van der Waals surface area contributed by atoms with Crippen LogP contribution < -0.4 is 11.1 Å². The summed E-state index contributed by atoms with van der Waals surface area (Å²) in [5, 5.41) is 3.42. The SMILES string of the molecule is Cc1nc(N)c(C)c(NCC2(C)CCOCC2)n1. The van der Waals surface area contributed by atoms with Crippen molar-refractivity contribution in [2.45, 2.75) is 33.6 Å². The molecule has 0 atom stereocenters. The molecule has 3 N–H and O–H groups in total. The third-order valence-corrected chi connectivity index (χ3v) is 3.68. The molecule has 0 saturated carbocycles. The number of nitrogen functional groups attached to an aromatic ring is 1. The van der Waals surface area contributed by atoms with Gasteiger partial charge in [0, 0.05) is 25.3 Å². The minimum Gasteiger partial charge on any atom is -0.383 e. The van der Waals surface area contributed by atoms with Crippen molar-refractivity contribution in [3.05, 3.63) is 11.4 Å². The van der Waals surface area contributed by atoms with Crippen molar-refractivity contribution in [3.8, 4) is 0 Å². The highest BCUT2D eigenvalue weighted by Crippen LogP contribution is 2.30. The molecule has 2 heterocycles. The van der Waals surface area contributed by atoms with E-state index in [9.17, 15) is 0 Å². The van der Waals surface area contributed by atoms with Crippen LogP contribution in [0.5, 0.6) is 0 Å². The third kappa shape index (κ3) is 2.90. The largest absolute Gasteiger partial charge is 0.383 e. The number of ether oxygens (including phenoxy) is 1. The molecule has 0 spiro atoms. The van der Waals surface area contributed by atoms with E-state index in [2.05, 4.69) is 22.2 Å². The molecule has 1 fully saturated rings. The molecular weight excluding hydrogens is 228 g/mol. The predicted molar refractivity (Wildman–Crippen MR) is 72.6 cm³/mol. The summed E-state index contributed by atoms with van der Waals surface area (Å²) in [5.41, 5.74) is 7.06. The Labute approximate surface area is 108 Å². The Bertz CT molecular complexity index is 427. The number of aromatic nitrogens is 2. The summed E-state index contributed by atoms with van der Waals surface area (Å²) >= 11 is 0. The summed E-state index contributed by atoms with van der Waals surface area (Å²) in [6, 6.07) is 0. The number of rotatable bonds is 3. The normalized spacial score (nSPS) is 18.6. The number of nitrogens with two attached hydrogens (primary N) is 1. The fraction of sp³-hybridized carbons (Fsp3) is 0.692. The molecule has 5 heteroatoms. The first kappa shape index (κ1) is 13.1. The van der Waals surface area contributed by atoms with E-state index in [0.29, 0.717) is 11.6 Å². The molecule has 0 aromatic carbocycles. The van der Waals surface area contributed by atoms with Crippen molar-refractivity contribution in [2.24, 2.45) is 5.41 Å². The molecule has 1 aromatic rings. The number of aryl methyl sites for hydroxylation is 1. The fourth-order valence-electron chi connectivity index (χ4n) is 2.16. The zero-order valence-corrected chi connectivity index (χ0v) is 11.4. The number of hydrogen-bond donors (Lipinski definition) is 2. The molecule has 0 unspecified atom stereocenters. The summed E-state index contributed by atoms with van der Waals surface area (Å²) in [6.07, 6.45) is 2.16. The summed E-state index contributed by atoms with van der Waals surface area (Å²) in [6.45, 7) is 8.69. The monoisotopic (exact) mass is 250 g/mol. The van der Waals surface area contributed by atoms with Gasteiger partial charge in [0.15, 0.2) is 0 Å². The highest BCUT2D eigenvalue weighted by atomic mass is 16.5. The number of nitrogens with zero attached hydrogens (tertiary/aromatic N) is 2. The van der Waals surface area contributed by atoms with Crippen LogP contribution in [0.4, 0.5) is 11.6 Å². The molecule has 100 valence electrons. The van der Waals surface area contributed by atoms with Gasteiger partial charge in [0.2, 0.25) is 0 Å². The first-order chi connectivity index (χ1) is 8.50. The van der Waals surface area contributed by atoms with Crippen molar-refractivity contribution >= 4 is 11.6 Å². The molecule has 1 aliphatic heterocycles. The highest BCUT2D eigenvalue weighted by Gasteiger charge is 2.27. The van der Waals surface area contributed by atoms with E-state index in [0.717, 1.165) is 44.0 Å². The predicted octanol–water partition coefficient (Wildman–Crippen LogP) is 1.90. The Morgan fingerprint density at radius 2 is 1.94 bits per heavy atom. The van der Waals surface area contributed by atoms with Crippen LogP contribution in [0.2, 0.25) is 0 Å². The maximum absolute atomic E-state index is 5.85. The molecule has 0 amide bonds. The molecule has 1 saturated heterocycles. The Kier molecular flexibility index (Phi) is 3.71. The van der Waals surface area contributed by atoms with E-state index < -0.39 is 0 Å². The van der Waals surface area contributed by atoms with Crippen molar-refractivity contribution < 1.29 is 4.74 Å². The Hall–Kier alpha value is -1.36. The van der Waals surface area contributed by atoms with Gasteiger partial charge in [-0.05, 0) is 32.1 Å². The van der Waals surface area contributed by atoms with E-state index in [-0.39, 0.29) is 5.41 Å². The molecular formula is C13H22N4O. The van der Waals surface area contributed by atoms with E-state index >= 15 is 0 Å². The number of nitrogens with one attached hydrogen (secondary N) is 1. The van der Waals surface area contributed by atoms with Crippen molar-refractivity contribution in [1.29, 1.82) is 0 Å². The molecule has 0 aliphatic carbocycles. The van der Waals surface area contributed by atoms with Gasteiger partial charge in [0.05, 0.1) is 0 Å². The zero-order valence-electron chi connectivity index (χ0n) is 11.4. The Morgan fingerprint density at radius 1 is 1.28 bits per heavy atom. The van der Waals surface area contributed by atoms with Gasteiger partial charge in [0.25, 0.3) is 0 Å². The van der Waals surface area contributed by atoms with Gasteiger partial charge in [-0.2, -0.15) is 0 Å². The molecule has 5 nitrogen and oxygen atoms in total. The van der Waals surface area contributed by atoms with Gasteiger partial charge in [-0.25, -0.2) is 9.97 Å². The average Bonchev–Trinajstić information content (AvgIpc) is 2.33. The van der Waals surface area contributed by atoms with E-state index in [1.165, 1.54) is 0 Å². The van der Waals surface area contributed by atoms with Gasteiger partial charge in [-0.15, -0.1) is 0 Å². The second-order valence-corrected chi connectivity index (χ2v) is 5.41. The highest BCUT2D eigenvalue weighted by molar-refractivity contribution is 5.54. The topological polar surface area (TPSA) is 73.1 Å². The van der Waals surface area contributed by atoms with Crippen LogP contribution in [0.15, 0.2) is 0 Å². The van der Waals surface area contributed by atoms with Crippen molar-refractivity contribution in [2.75, 3.05) is 30.8 Å². The van der Waals surface area contributed by atoms with Gasteiger partial charge >= 0.3 is 0 Å².